The highest BCUT2D eigenvalue weighted by molar-refractivity contribution is 5.98. The maximum Gasteiger partial charge on any atom is 0.231 e. The van der Waals surface area contributed by atoms with Gasteiger partial charge in [0.2, 0.25) is 6.79 Å². The van der Waals surface area contributed by atoms with Crippen molar-refractivity contribution in [3.8, 4) is 11.5 Å². The molecule has 4 nitrogen and oxygen atoms in total. The Morgan fingerprint density at radius 3 is 2.86 bits per heavy atom. The fourth-order valence-electron chi connectivity index (χ4n) is 1.63. The number of fused-ring (bicyclic) bond motifs is 2. The van der Waals surface area contributed by atoms with E-state index in [4.69, 9.17) is 9.47 Å². The molecule has 0 fully saturated rings. The second-order valence-electron chi connectivity index (χ2n) is 3.11. The minimum atomic E-state index is 0.248. The van der Waals surface area contributed by atoms with Crippen LogP contribution in [0.3, 0.4) is 0 Å². The largest absolute Gasteiger partial charge is 0.454 e. The predicted octanol–water partition coefficient (Wildman–Crippen LogP) is 1.71. The number of carbonyl (C=O) groups excluding carboxylic acids is 1. The van der Waals surface area contributed by atoms with E-state index in [9.17, 15) is 4.79 Å². The summed E-state index contributed by atoms with van der Waals surface area (Å²) in [5, 5.41) is 0.865. The number of aromatic amines is 1. The standard InChI is InChI=1S/C10H7NO3/c12-4-6-3-11-8-2-10-9(1-7(6)8)13-5-14-10/h1-4,11H,5H2. The summed E-state index contributed by atoms with van der Waals surface area (Å²) in [5.74, 6) is 1.41. The topological polar surface area (TPSA) is 51.3 Å². The van der Waals surface area contributed by atoms with E-state index in [0.29, 0.717) is 11.3 Å². The molecule has 1 aromatic carbocycles. The third kappa shape index (κ3) is 0.849. The first kappa shape index (κ1) is 7.44. The molecule has 1 aliphatic rings. The molecule has 14 heavy (non-hydrogen) atoms. The van der Waals surface area contributed by atoms with Crippen molar-refractivity contribution < 1.29 is 14.3 Å². The van der Waals surface area contributed by atoms with Crippen LogP contribution in [0.15, 0.2) is 18.3 Å². The van der Waals surface area contributed by atoms with Gasteiger partial charge < -0.3 is 14.5 Å². The van der Waals surface area contributed by atoms with E-state index < -0.39 is 0 Å². The fourth-order valence-corrected chi connectivity index (χ4v) is 1.63. The van der Waals surface area contributed by atoms with Crippen molar-refractivity contribution in [2.24, 2.45) is 0 Å². The van der Waals surface area contributed by atoms with E-state index in [0.717, 1.165) is 22.9 Å². The van der Waals surface area contributed by atoms with Crippen LogP contribution in [-0.2, 0) is 0 Å². The summed E-state index contributed by atoms with van der Waals surface area (Å²) in [6.07, 6.45) is 2.49. The normalized spacial score (nSPS) is 13.4. The smallest absolute Gasteiger partial charge is 0.231 e. The Balaban J connectivity index is 2.35. The van der Waals surface area contributed by atoms with Crippen molar-refractivity contribution in [2.75, 3.05) is 6.79 Å². The number of benzene rings is 1. The molecule has 2 aromatic rings. The van der Waals surface area contributed by atoms with Gasteiger partial charge in [0.05, 0.1) is 5.52 Å². The second-order valence-corrected chi connectivity index (χ2v) is 3.11. The zero-order valence-electron chi connectivity index (χ0n) is 7.24. The van der Waals surface area contributed by atoms with Gasteiger partial charge in [0.25, 0.3) is 0 Å². The Morgan fingerprint density at radius 2 is 2.07 bits per heavy atom. The Morgan fingerprint density at radius 1 is 1.29 bits per heavy atom. The maximum atomic E-state index is 10.7. The van der Waals surface area contributed by atoms with Crippen LogP contribution in [0.2, 0.25) is 0 Å². The number of rotatable bonds is 1. The zero-order chi connectivity index (χ0) is 9.54. The number of H-pyrrole nitrogens is 1. The summed E-state index contributed by atoms with van der Waals surface area (Å²) < 4.78 is 10.4. The third-order valence-electron chi connectivity index (χ3n) is 2.33. The SMILES string of the molecule is O=Cc1c[nH]c2cc3c(cc12)OCO3. The Kier molecular flexibility index (Phi) is 1.33. The van der Waals surface area contributed by atoms with Crippen LogP contribution in [0.25, 0.3) is 10.9 Å². The Bertz CT molecular complexity index is 515. The highest BCUT2D eigenvalue weighted by Gasteiger charge is 2.15. The summed E-state index contributed by atoms with van der Waals surface area (Å²) in [7, 11) is 0. The van der Waals surface area contributed by atoms with Crippen molar-refractivity contribution >= 4 is 17.2 Å². The molecule has 4 heteroatoms. The lowest BCUT2D eigenvalue weighted by molar-refractivity contribution is 0.112. The third-order valence-corrected chi connectivity index (χ3v) is 2.33. The molecule has 2 heterocycles. The first-order valence-electron chi connectivity index (χ1n) is 4.24. The number of aromatic nitrogens is 1. The molecule has 70 valence electrons. The molecule has 0 spiro atoms. The number of hydrogen-bond acceptors (Lipinski definition) is 3. The molecule has 1 aliphatic heterocycles. The van der Waals surface area contributed by atoms with Crippen LogP contribution < -0.4 is 9.47 Å². The van der Waals surface area contributed by atoms with Gasteiger partial charge in [-0.25, -0.2) is 0 Å². The summed E-state index contributed by atoms with van der Waals surface area (Å²) in [6.45, 7) is 0.248. The lowest BCUT2D eigenvalue weighted by Gasteiger charge is -1.95. The lowest BCUT2D eigenvalue weighted by atomic mass is 10.2. The molecule has 0 atom stereocenters. The highest BCUT2D eigenvalue weighted by atomic mass is 16.7. The van der Waals surface area contributed by atoms with E-state index in [1.165, 1.54) is 0 Å². The fraction of sp³-hybridized carbons (Fsp3) is 0.100. The lowest BCUT2D eigenvalue weighted by Crippen LogP contribution is -1.92. The molecule has 0 bridgehead atoms. The number of aldehydes is 1. The van der Waals surface area contributed by atoms with E-state index >= 15 is 0 Å². The quantitative estimate of drug-likeness (QED) is 0.695. The molecule has 1 aromatic heterocycles. The van der Waals surface area contributed by atoms with Crippen molar-refractivity contribution in [1.82, 2.24) is 4.98 Å². The van der Waals surface area contributed by atoms with Gasteiger partial charge in [-0.2, -0.15) is 0 Å². The van der Waals surface area contributed by atoms with E-state index in [1.807, 2.05) is 12.1 Å². The van der Waals surface area contributed by atoms with E-state index in [1.54, 1.807) is 6.20 Å². The molecule has 0 saturated heterocycles. The molecule has 1 N–H and O–H groups in total. The first-order valence-corrected chi connectivity index (χ1v) is 4.24. The first-order chi connectivity index (χ1) is 6.88. The molecule has 0 radical (unpaired) electrons. The molecular weight excluding hydrogens is 182 g/mol. The van der Waals surface area contributed by atoms with Gasteiger partial charge in [0.1, 0.15) is 0 Å². The summed E-state index contributed by atoms with van der Waals surface area (Å²) in [4.78, 5) is 13.7. The molecule has 0 amide bonds. The summed E-state index contributed by atoms with van der Waals surface area (Å²) >= 11 is 0. The van der Waals surface area contributed by atoms with Crippen molar-refractivity contribution in [3.05, 3.63) is 23.9 Å². The van der Waals surface area contributed by atoms with Crippen LogP contribution in [0.4, 0.5) is 0 Å². The number of ether oxygens (including phenoxy) is 2. The minimum Gasteiger partial charge on any atom is -0.454 e. The number of carbonyl (C=O) groups is 1. The average Bonchev–Trinajstić information content (AvgIpc) is 2.78. The Labute approximate surface area is 79.4 Å². The number of hydrogen-bond donors (Lipinski definition) is 1. The molecule has 0 unspecified atom stereocenters. The summed E-state index contributed by atoms with van der Waals surface area (Å²) in [6, 6.07) is 3.66. The summed E-state index contributed by atoms with van der Waals surface area (Å²) in [5.41, 5.74) is 1.52. The van der Waals surface area contributed by atoms with Crippen molar-refractivity contribution in [2.45, 2.75) is 0 Å². The van der Waals surface area contributed by atoms with Crippen LogP contribution in [0.1, 0.15) is 10.4 Å². The maximum absolute atomic E-state index is 10.7. The number of nitrogens with one attached hydrogen (secondary N) is 1. The van der Waals surface area contributed by atoms with Crippen LogP contribution >= 0.6 is 0 Å². The monoisotopic (exact) mass is 189 g/mol. The van der Waals surface area contributed by atoms with E-state index in [-0.39, 0.29) is 6.79 Å². The van der Waals surface area contributed by atoms with Crippen molar-refractivity contribution in [1.29, 1.82) is 0 Å². The average molecular weight is 189 g/mol. The molecule has 0 aliphatic carbocycles. The van der Waals surface area contributed by atoms with Gasteiger partial charge in [-0.15, -0.1) is 0 Å². The highest BCUT2D eigenvalue weighted by Crippen LogP contribution is 2.36. The van der Waals surface area contributed by atoms with Gasteiger partial charge in [0.15, 0.2) is 17.8 Å². The van der Waals surface area contributed by atoms with Crippen LogP contribution in [-0.4, -0.2) is 18.1 Å². The molecule has 0 saturated carbocycles. The van der Waals surface area contributed by atoms with Crippen molar-refractivity contribution in [3.63, 3.8) is 0 Å². The van der Waals surface area contributed by atoms with Gasteiger partial charge in [-0.1, -0.05) is 0 Å². The molecule has 3 rings (SSSR count). The van der Waals surface area contributed by atoms with Gasteiger partial charge in [-0.3, -0.25) is 4.79 Å². The zero-order valence-corrected chi connectivity index (χ0v) is 7.24. The Hall–Kier alpha value is -1.97. The van der Waals surface area contributed by atoms with Gasteiger partial charge >= 0.3 is 0 Å². The van der Waals surface area contributed by atoms with Crippen LogP contribution in [0, 0.1) is 0 Å². The van der Waals surface area contributed by atoms with Gasteiger partial charge in [0, 0.05) is 23.2 Å². The minimum absolute atomic E-state index is 0.248. The predicted molar refractivity (Wildman–Crippen MR) is 49.8 cm³/mol. The molecular formula is C10H7NO3. The van der Waals surface area contributed by atoms with E-state index in [2.05, 4.69) is 4.98 Å². The van der Waals surface area contributed by atoms with Crippen LogP contribution in [0.5, 0.6) is 11.5 Å². The van der Waals surface area contributed by atoms with Gasteiger partial charge in [-0.05, 0) is 6.07 Å². The second kappa shape index (κ2) is 2.51.